The molecule has 2 N–H and O–H groups in total. The second-order valence-electron chi connectivity index (χ2n) is 4.86. The fraction of sp³-hybridized carbons (Fsp3) is 0.294. The van der Waals surface area contributed by atoms with Gasteiger partial charge in [0, 0.05) is 21.3 Å². The number of nitrogens with two attached hydrogens (primary N) is 1. The summed E-state index contributed by atoms with van der Waals surface area (Å²) in [6.45, 7) is 6.48. The number of pyridine rings is 1. The van der Waals surface area contributed by atoms with E-state index in [2.05, 4.69) is 27.0 Å². The minimum atomic E-state index is 0.266. The van der Waals surface area contributed by atoms with Gasteiger partial charge in [-0.2, -0.15) is 5.26 Å². The molecule has 0 spiro atoms. The highest BCUT2D eigenvalue weighted by molar-refractivity contribution is 9.10. The molecule has 0 bridgehead atoms. The van der Waals surface area contributed by atoms with Gasteiger partial charge in [-0.1, -0.05) is 22.9 Å². The Kier molecular flexibility index (Phi) is 5.04. The van der Waals surface area contributed by atoms with E-state index < -0.39 is 0 Å². The molecule has 1 heterocycles. The van der Waals surface area contributed by atoms with Gasteiger partial charge in [0.1, 0.15) is 23.2 Å². The normalized spacial score (nSPS) is 10.3. The van der Waals surface area contributed by atoms with Crippen molar-refractivity contribution >= 4 is 21.7 Å². The van der Waals surface area contributed by atoms with Crippen LogP contribution in [0.5, 0.6) is 5.75 Å². The minimum Gasteiger partial charge on any atom is -0.493 e. The number of nitriles is 1. The first-order valence-electron chi connectivity index (χ1n) is 7.15. The summed E-state index contributed by atoms with van der Waals surface area (Å²) >= 11 is 3.48. The van der Waals surface area contributed by atoms with Gasteiger partial charge in [0.2, 0.25) is 0 Å². The van der Waals surface area contributed by atoms with Crippen molar-refractivity contribution in [2.24, 2.45) is 0 Å². The highest BCUT2D eigenvalue weighted by Gasteiger charge is 2.19. The van der Waals surface area contributed by atoms with Crippen molar-refractivity contribution in [2.75, 3.05) is 12.3 Å². The molecular formula is C17H18BrN3O. The number of anilines is 1. The zero-order valence-corrected chi connectivity index (χ0v) is 14.5. The van der Waals surface area contributed by atoms with Crippen molar-refractivity contribution in [2.45, 2.75) is 27.2 Å². The molecule has 2 rings (SSSR count). The van der Waals surface area contributed by atoms with E-state index in [1.165, 1.54) is 0 Å². The van der Waals surface area contributed by atoms with Gasteiger partial charge in [-0.05, 0) is 44.0 Å². The van der Waals surface area contributed by atoms with E-state index in [1.807, 2.05) is 39.0 Å². The summed E-state index contributed by atoms with van der Waals surface area (Å²) in [6.07, 6.45) is 0.757. The van der Waals surface area contributed by atoms with Gasteiger partial charge in [0.05, 0.1) is 6.61 Å². The first kappa shape index (κ1) is 16.3. The Morgan fingerprint density at radius 3 is 2.68 bits per heavy atom. The topological polar surface area (TPSA) is 71.9 Å². The van der Waals surface area contributed by atoms with Crippen LogP contribution in [0.3, 0.4) is 0 Å². The highest BCUT2D eigenvalue weighted by atomic mass is 79.9. The van der Waals surface area contributed by atoms with Crippen LogP contribution in [0.2, 0.25) is 0 Å². The maximum absolute atomic E-state index is 9.52. The number of rotatable bonds is 4. The van der Waals surface area contributed by atoms with Gasteiger partial charge in [0.25, 0.3) is 0 Å². The van der Waals surface area contributed by atoms with E-state index in [0.29, 0.717) is 12.2 Å². The standard InChI is InChI=1S/C17H18BrN3O/c1-4-14-10(3)16(13(9-19)17(20)21-14)12-8-11(18)6-7-15(12)22-5-2/h6-8H,4-5H2,1-3H3,(H2,20,21). The van der Waals surface area contributed by atoms with Gasteiger partial charge in [-0.15, -0.1) is 0 Å². The number of nitrogen functional groups attached to an aromatic ring is 1. The van der Waals surface area contributed by atoms with Crippen molar-refractivity contribution in [3.63, 3.8) is 0 Å². The number of halogens is 1. The summed E-state index contributed by atoms with van der Waals surface area (Å²) in [7, 11) is 0. The Bertz CT molecular complexity index is 750. The molecule has 0 aliphatic rings. The van der Waals surface area contributed by atoms with Crippen LogP contribution in [0.1, 0.15) is 30.7 Å². The minimum absolute atomic E-state index is 0.266. The van der Waals surface area contributed by atoms with E-state index in [0.717, 1.165) is 39.0 Å². The fourth-order valence-electron chi connectivity index (χ4n) is 2.52. The maximum Gasteiger partial charge on any atom is 0.142 e. The van der Waals surface area contributed by atoms with Gasteiger partial charge >= 0.3 is 0 Å². The van der Waals surface area contributed by atoms with E-state index in [4.69, 9.17) is 10.5 Å². The molecule has 0 atom stereocenters. The highest BCUT2D eigenvalue weighted by Crippen LogP contribution is 2.39. The average Bonchev–Trinajstić information content (AvgIpc) is 2.50. The van der Waals surface area contributed by atoms with E-state index in [1.54, 1.807) is 0 Å². The van der Waals surface area contributed by atoms with Crippen molar-refractivity contribution in [3.8, 4) is 22.9 Å². The van der Waals surface area contributed by atoms with Gasteiger partial charge in [-0.3, -0.25) is 0 Å². The summed E-state index contributed by atoms with van der Waals surface area (Å²) in [5.74, 6) is 1.00. The molecule has 0 fully saturated rings. The summed E-state index contributed by atoms with van der Waals surface area (Å²) in [5, 5.41) is 9.52. The van der Waals surface area contributed by atoms with Crippen molar-refractivity contribution in [1.29, 1.82) is 5.26 Å². The number of ether oxygens (including phenoxy) is 1. The molecule has 0 unspecified atom stereocenters. The monoisotopic (exact) mass is 359 g/mol. The molecule has 0 aliphatic heterocycles. The van der Waals surface area contributed by atoms with E-state index in [9.17, 15) is 5.26 Å². The molecule has 0 amide bonds. The quantitative estimate of drug-likeness (QED) is 0.886. The van der Waals surface area contributed by atoms with Crippen LogP contribution in [-0.4, -0.2) is 11.6 Å². The first-order valence-corrected chi connectivity index (χ1v) is 7.94. The Morgan fingerprint density at radius 2 is 2.09 bits per heavy atom. The average molecular weight is 360 g/mol. The number of aryl methyl sites for hydroxylation is 1. The summed E-state index contributed by atoms with van der Waals surface area (Å²) in [4.78, 5) is 4.35. The largest absolute Gasteiger partial charge is 0.493 e. The Labute approximate surface area is 139 Å². The second-order valence-corrected chi connectivity index (χ2v) is 5.77. The SMILES string of the molecule is CCOc1ccc(Br)cc1-c1c(C)c(CC)nc(N)c1C#N. The predicted octanol–water partition coefficient (Wildman–Crippen LogP) is 4.23. The Hall–Kier alpha value is -2.06. The number of aromatic nitrogens is 1. The summed E-state index contributed by atoms with van der Waals surface area (Å²) in [5.41, 5.74) is 9.91. The van der Waals surface area contributed by atoms with Gasteiger partial charge in [0.15, 0.2) is 0 Å². The molecule has 114 valence electrons. The molecule has 0 saturated heterocycles. The van der Waals surface area contributed by atoms with Crippen molar-refractivity contribution in [3.05, 3.63) is 39.5 Å². The van der Waals surface area contributed by atoms with Crippen LogP contribution in [-0.2, 0) is 6.42 Å². The van der Waals surface area contributed by atoms with Crippen LogP contribution < -0.4 is 10.5 Å². The Morgan fingerprint density at radius 1 is 1.36 bits per heavy atom. The van der Waals surface area contributed by atoms with Crippen molar-refractivity contribution < 1.29 is 4.74 Å². The van der Waals surface area contributed by atoms with Crippen LogP contribution in [0.15, 0.2) is 22.7 Å². The van der Waals surface area contributed by atoms with E-state index >= 15 is 0 Å². The number of hydrogen-bond acceptors (Lipinski definition) is 4. The third kappa shape index (κ3) is 2.93. The third-order valence-electron chi connectivity index (χ3n) is 3.53. The van der Waals surface area contributed by atoms with Crippen LogP contribution in [0.4, 0.5) is 5.82 Å². The fourth-order valence-corrected chi connectivity index (χ4v) is 2.88. The first-order chi connectivity index (χ1) is 10.5. The molecule has 22 heavy (non-hydrogen) atoms. The predicted molar refractivity (Wildman–Crippen MR) is 91.8 cm³/mol. The zero-order valence-electron chi connectivity index (χ0n) is 12.9. The Balaban J connectivity index is 2.85. The second kappa shape index (κ2) is 6.80. The van der Waals surface area contributed by atoms with Gasteiger partial charge in [-0.25, -0.2) is 4.98 Å². The van der Waals surface area contributed by atoms with Crippen LogP contribution in [0, 0.1) is 18.3 Å². The molecule has 1 aromatic heterocycles. The smallest absolute Gasteiger partial charge is 0.142 e. The van der Waals surface area contributed by atoms with Crippen LogP contribution in [0.25, 0.3) is 11.1 Å². The molecule has 2 aromatic rings. The summed E-state index contributed by atoms with van der Waals surface area (Å²) < 4.78 is 6.64. The molecule has 4 nitrogen and oxygen atoms in total. The molecule has 0 aliphatic carbocycles. The molecule has 1 aromatic carbocycles. The zero-order chi connectivity index (χ0) is 16.3. The molecular weight excluding hydrogens is 342 g/mol. The maximum atomic E-state index is 9.52. The summed E-state index contributed by atoms with van der Waals surface area (Å²) in [6, 6.07) is 7.95. The van der Waals surface area contributed by atoms with Crippen molar-refractivity contribution in [1.82, 2.24) is 4.98 Å². The lowest BCUT2D eigenvalue weighted by Gasteiger charge is -2.17. The molecule has 0 saturated carbocycles. The van der Waals surface area contributed by atoms with Gasteiger partial charge < -0.3 is 10.5 Å². The lowest BCUT2D eigenvalue weighted by atomic mass is 9.93. The lowest BCUT2D eigenvalue weighted by molar-refractivity contribution is 0.341. The number of benzene rings is 1. The number of nitrogens with zero attached hydrogens (tertiary/aromatic N) is 2. The van der Waals surface area contributed by atoms with Crippen LogP contribution >= 0.6 is 15.9 Å². The number of hydrogen-bond donors (Lipinski definition) is 1. The lowest BCUT2D eigenvalue weighted by Crippen LogP contribution is -2.06. The van der Waals surface area contributed by atoms with E-state index in [-0.39, 0.29) is 5.82 Å². The molecule has 0 radical (unpaired) electrons. The third-order valence-corrected chi connectivity index (χ3v) is 4.02. The molecule has 5 heteroatoms.